The van der Waals surface area contributed by atoms with Crippen LogP contribution in [0.4, 0.5) is 0 Å². The third-order valence-corrected chi connectivity index (χ3v) is 9.94. The molecule has 222 valence electrons. The molecule has 0 saturated carbocycles. The van der Waals surface area contributed by atoms with Crippen LogP contribution >= 0.6 is 0 Å². The maximum Gasteiger partial charge on any atom is 0.330 e. The normalized spacial score (nSPS) is 29.8. The third-order valence-electron chi connectivity index (χ3n) is 9.94. The van der Waals surface area contributed by atoms with Crippen LogP contribution < -0.4 is 22.1 Å². The number of nitrogens with zero attached hydrogens (tertiary/aromatic N) is 1. The van der Waals surface area contributed by atoms with Gasteiger partial charge in [0, 0.05) is 18.7 Å². The van der Waals surface area contributed by atoms with Gasteiger partial charge in [0.25, 0.3) is 5.91 Å². The fourth-order valence-corrected chi connectivity index (χ4v) is 7.74. The number of ether oxygens (including phenoxy) is 1. The quantitative estimate of drug-likeness (QED) is 0.356. The molecule has 6 N–H and O–H groups in total. The largest absolute Gasteiger partial charge is 0.442 e. The van der Waals surface area contributed by atoms with Gasteiger partial charge >= 0.3 is 5.97 Å². The van der Waals surface area contributed by atoms with Crippen LogP contribution in [0.15, 0.2) is 54.6 Å². The van der Waals surface area contributed by atoms with Crippen molar-refractivity contribution in [2.45, 2.75) is 56.2 Å². The van der Waals surface area contributed by atoms with Crippen LogP contribution in [0.1, 0.15) is 42.4 Å². The van der Waals surface area contributed by atoms with Gasteiger partial charge in [0.15, 0.2) is 0 Å². The summed E-state index contributed by atoms with van der Waals surface area (Å²) < 4.78 is 6.06. The Labute approximate surface area is 245 Å². The number of piperidine rings is 1. The van der Waals surface area contributed by atoms with E-state index >= 15 is 0 Å². The Bertz CT molecular complexity index is 1380. The smallest absolute Gasteiger partial charge is 0.330 e. The molecule has 42 heavy (non-hydrogen) atoms. The van der Waals surface area contributed by atoms with Crippen LogP contribution in [0, 0.1) is 17.3 Å². The second-order valence-corrected chi connectivity index (χ2v) is 12.5. The number of nitrogens with two attached hydrogens (primary N) is 2. The lowest BCUT2D eigenvalue weighted by atomic mass is 9.77. The zero-order valence-corrected chi connectivity index (χ0v) is 23.7. The predicted octanol–water partition coefficient (Wildman–Crippen LogP) is 0.760. The monoisotopic (exact) mass is 573 g/mol. The van der Waals surface area contributed by atoms with Crippen molar-refractivity contribution in [1.82, 2.24) is 15.5 Å². The van der Waals surface area contributed by atoms with E-state index in [1.54, 1.807) is 29.2 Å². The Hall–Kier alpha value is -3.76. The maximum atomic E-state index is 14.1. The number of hydrogen-bond donors (Lipinski definition) is 4. The van der Waals surface area contributed by atoms with E-state index in [1.807, 2.05) is 30.3 Å². The first kappa shape index (κ1) is 28.4. The number of esters is 1. The van der Waals surface area contributed by atoms with E-state index in [-0.39, 0.29) is 23.7 Å². The van der Waals surface area contributed by atoms with E-state index in [1.165, 1.54) is 0 Å². The van der Waals surface area contributed by atoms with E-state index in [0.29, 0.717) is 30.5 Å². The Balaban J connectivity index is 1.29. The molecule has 3 aliphatic heterocycles. The summed E-state index contributed by atoms with van der Waals surface area (Å²) in [6, 6.07) is 15.5. The van der Waals surface area contributed by atoms with Crippen molar-refractivity contribution in [3.8, 4) is 0 Å². The number of likely N-dealkylation sites (tertiary alicyclic amines) is 1. The van der Waals surface area contributed by atoms with Crippen molar-refractivity contribution in [3.63, 3.8) is 0 Å². The number of amides is 3. The van der Waals surface area contributed by atoms with E-state index in [4.69, 9.17) is 16.2 Å². The second-order valence-electron chi connectivity index (χ2n) is 12.5. The molecule has 2 aromatic carbocycles. The van der Waals surface area contributed by atoms with E-state index in [2.05, 4.69) is 10.6 Å². The highest BCUT2D eigenvalue weighted by Crippen LogP contribution is 2.45. The molecule has 0 aromatic heterocycles. The van der Waals surface area contributed by atoms with Crippen LogP contribution in [0.2, 0.25) is 0 Å². The molecule has 2 aromatic rings. The molecule has 1 aliphatic carbocycles. The number of hydrogen-bond acceptors (Lipinski definition) is 7. The summed E-state index contributed by atoms with van der Waals surface area (Å²) in [5.74, 6) is -3.73. The van der Waals surface area contributed by atoms with Crippen molar-refractivity contribution in [3.05, 3.63) is 71.3 Å². The first-order valence-corrected chi connectivity index (χ1v) is 14.9. The number of primary amides is 2. The van der Waals surface area contributed by atoms with Gasteiger partial charge in [-0.25, -0.2) is 4.79 Å². The van der Waals surface area contributed by atoms with Crippen LogP contribution in [-0.2, 0) is 42.4 Å². The molecule has 0 bridgehead atoms. The first-order valence-electron chi connectivity index (χ1n) is 14.9. The summed E-state index contributed by atoms with van der Waals surface area (Å²) in [5.41, 5.74) is 11.8. The minimum atomic E-state index is -2.03. The second kappa shape index (κ2) is 11.1. The van der Waals surface area contributed by atoms with Crippen molar-refractivity contribution in [1.29, 1.82) is 0 Å². The highest BCUT2D eigenvalue weighted by atomic mass is 16.6. The van der Waals surface area contributed by atoms with Crippen molar-refractivity contribution >= 4 is 23.7 Å². The average Bonchev–Trinajstić information content (AvgIpc) is 3.69. The Kier molecular flexibility index (Phi) is 7.53. The summed E-state index contributed by atoms with van der Waals surface area (Å²) in [4.78, 5) is 55.5. The number of benzene rings is 2. The fraction of sp³-hybridized carbons (Fsp3) is 0.500. The molecule has 3 saturated heterocycles. The van der Waals surface area contributed by atoms with Gasteiger partial charge in [-0.3, -0.25) is 14.4 Å². The fourth-order valence-electron chi connectivity index (χ4n) is 7.74. The summed E-state index contributed by atoms with van der Waals surface area (Å²) in [6.45, 7) is 3.01. The number of fused-ring (bicyclic) bond motifs is 1. The lowest BCUT2D eigenvalue weighted by Gasteiger charge is -2.35. The summed E-state index contributed by atoms with van der Waals surface area (Å²) in [6.07, 6.45) is 3.92. The molecule has 4 aliphatic rings. The van der Waals surface area contributed by atoms with Crippen molar-refractivity contribution < 1.29 is 23.9 Å². The molecule has 5 unspecified atom stereocenters. The number of carbonyl (C=O) groups is 4. The van der Waals surface area contributed by atoms with Gasteiger partial charge in [-0.2, -0.15) is 0 Å². The zero-order chi connectivity index (χ0) is 29.5. The SMILES string of the molecule is NC(=O)C1Cc2ccccc2C1(OC(=O)C1CC(Cc2ccccc2)CN1C(=O)C1CC2(CCNCC2)CN1)C(N)=O. The molecular weight excluding hydrogens is 534 g/mol. The molecule has 3 heterocycles. The highest BCUT2D eigenvalue weighted by Gasteiger charge is 2.59. The van der Waals surface area contributed by atoms with E-state index < -0.39 is 41.4 Å². The Morgan fingerprint density at radius 1 is 0.976 bits per heavy atom. The number of rotatable bonds is 7. The van der Waals surface area contributed by atoms with Gasteiger partial charge in [0.05, 0.1) is 12.0 Å². The summed E-state index contributed by atoms with van der Waals surface area (Å²) in [7, 11) is 0. The minimum absolute atomic E-state index is 0.00970. The van der Waals surface area contributed by atoms with Crippen molar-refractivity contribution in [2.24, 2.45) is 28.7 Å². The Morgan fingerprint density at radius 2 is 1.69 bits per heavy atom. The Morgan fingerprint density at radius 3 is 2.40 bits per heavy atom. The highest BCUT2D eigenvalue weighted by molar-refractivity contribution is 5.97. The lowest BCUT2D eigenvalue weighted by molar-refractivity contribution is -0.180. The van der Waals surface area contributed by atoms with Crippen LogP contribution in [-0.4, -0.2) is 66.9 Å². The topological polar surface area (TPSA) is 157 Å². The van der Waals surface area contributed by atoms with Gasteiger partial charge in [-0.1, -0.05) is 54.6 Å². The molecular formula is C32H39N5O5. The van der Waals surface area contributed by atoms with E-state index in [0.717, 1.165) is 44.5 Å². The van der Waals surface area contributed by atoms with Crippen molar-refractivity contribution in [2.75, 3.05) is 26.2 Å². The molecule has 3 amide bonds. The molecule has 5 atom stereocenters. The zero-order valence-electron chi connectivity index (χ0n) is 23.7. The van der Waals surface area contributed by atoms with Crippen LogP contribution in [0.5, 0.6) is 0 Å². The van der Waals surface area contributed by atoms with Crippen LogP contribution in [0.25, 0.3) is 0 Å². The molecule has 1 spiro atoms. The molecule has 6 rings (SSSR count). The van der Waals surface area contributed by atoms with Crippen LogP contribution in [0.3, 0.4) is 0 Å². The third kappa shape index (κ3) is 4.96. The summed E-state index contributed by atoms with van der Waals surface area (Å²) >= 11 is 0. The minimum Gasteiger partial charge on any atom is -0.442 e. The van der Waals surface area contributed by atoms with Gasteiger partial charge in [-0.05, 0) is 74.1 Å². The first-order chi connectivity index (χ1) is 20.2. The lowest BCUT2D eigenvalue weighted by Crippen LogP contribution is -2.55. The number of carbonyl (C=O) groups excluding carboxylic acids is 4. The molecule has 10 heteroatoms. The summed E-state index contributed by atoms with van der Waals surface area (Å²) in [5, 5.41) is 6.84. The molecule has 10 nitrogen and oxygen atoms in total. The predicted molar refractivity (Wildman–Crippen MR) is 154 cm³/mol. The number of nitrogens with one attached hydrogen (secondary N) is 2. The molecule has 0 radical (unpaired) electrons. The van der Waals surface area contributed by atoms with Gasteiger partial charge in [0.2, 0.25) is 17.4 Å². The maximum absolute atomic E-state index is 14.1. The standard InChI is InChI=1S/C32H39N5O5/c33-27(38)24-16-22-8-4-5-9-23(22)32(24,30(34)41)42-29(40)26-15-21(14-20-6-2-1-3-7-20)18-37(26)28(39)25-17-31(19-36-25)10-12-35-13-11-31/h1-9,21,24-26,35-36H,10-19H2,(H2,33,38)(H2,34,41). The average molecular weight is 574 g/mol. The van der Waals surface area contributed by atoms with Gasteiger partial charge in [0.1, 0.15) is 6.04 Å². The van der Waals surface area contributed by atoms with Gasteiger partial charge < -0.3 is 31.7 Å². The van der Waals surface area contributed by atoms with E-state index in [9.17, 15) is 19.2 Å². The van der Waals surface area contributed by atoms with Gasteiger partial charge in [-0.15, -0.1) is 0 Å². The molecule has 3 fully saturated rings.